The summed E-state index contributed by atoms with van der Waals surface area (Å²) in [4.78, 5) is 2.47. The van der Waals surface area contributed by atoms with E-state index in [0.29, 0.717) is 6.04 Å². The first kappa shape index (κ1) is 13.6. The Morgan fingerprint density at radius 3 is 2.56 bits per heavy atom. The minimum absolute atomic E-state index is 0.638. The van der Waals surface area contributed by atoms with Gasteiger partial charge < -0.3 is 0 Å². The van der Waals surface area contributed by atoms with Crippen molar-refractivity contribution in [2.75, 3.05) is 11.9 Å². The third kappa shape index (κ3) is 3.87. The van der Waals surface area contributed by atoms with Crippen LogP contribution in [0.25, 0.3) is 0 Å². The molecule has 1 aromatic rings. The van der Waals surface area contributed by atoms with Crippen LogP contribution in [0.15, 0.2) is 6.20 Å². The first-order chi connectivity index (χ1) is 7.71. The normalized spacial score (nSPS) is 11.6. The van der Waals surface area contributed by atoms with Gasteiger partial charge in [-0.2, -0.15) is 0 Å². The zero-order valence-corrected chi connectivity index (χ0v) is 11.9. The molecule has 0 saturated heterocycles. The van der Waals surface area contributed by atoms with E-state index in [1.807, 2.05) is 13.2 Å². The van der Waals surface area contributed by atoms with Gasteiger partial charge in [0.05, 0.1) is 5.69 Å². The molecule has 16 heavy (non-hydrogen) atoms. The van der Waals surface area contributed by atoms with E-state index >= 15 is 0 Å². The molecule has 0 atom stereocenters. The average molecular weight is 289 g/mol. The summed E-state index contributed by atoms with van der Waals surface area (Å²) in [6, 6.07) is 0.638. The maximum atomic E-state index is 4.14. The minimum Gasteiger partial charge on any atom is -0.294 e. The molecule has 0 saturated carbocycles. The summed E-state index contributed by atoms with van der Waals surface area (Å²) in [7, 11) is 1.91. The Morgan fingerprint density at radius 1 is 1.44 bits per heavy atom. The fraction of sp³-hybridized carbons (Fsp3) is 0.818. The standard InChI is InChI=1S/C11H21BrN4/c1-4-11(5-2)16(7-6-12)9-10-8-15(3)14-13-10/h8,11H,4-7,9H2,1-3H3. The Labute approximate surface area is 106 Å². The van der Waals surface area contributed by atoms with Crippen LogP contribution in [0.2, 0.25) is 0 Å². The second kappa shape index (κ2) is 7.01. The van der Waals surface area contributed by atoms with Gasteiger partial charge in [-0.25, -0.2) is 0 Å². The number of halogens is 1. The molecule has 0 amide bonds. The predicted octanol–water partition coefficient (Wildman–Crippen LogP) is 2.20. The Bertz CT molecular complexity index is 296. The highest BCUT2D eigenvalue weighted by Gasteiger charge is 2.15. The largest absolute Gasteiger partial charge is 0.294 e. The molecule has 5 heteroatoms. The van der Waals surface area contributed by atoms with Crippen molar-refractivity contribution in [1.29, 1.82) is 0 Å². The van der Waals surface area contributed by atoms with E-state index in [0.717, 1.165) is 24.1 Å². The Kier molecular flexibility index (Phi) is 5.98. The number of hydrogen-bond donors (Lipinski definition) is 0. The van der Waals surface area contributed by atoms with Crippen molar-refractivity contribution >= 4 is 15.9 Å². The summed E-state index contributed by atoms with van der Waals surface area (Å²) in [6.45, 7) is 6.44. The Morgan fingerprint density at radius 2 is 2.12 bits per heavy atom. The predicted molar refractivity (Wildman–Crippen MR) is 69.6 cm³/mol. The zero-order valence-electron chi connectivity index (χ0n) is 10.4. The van der Waals surface area contributed by atoms with E-state index in [9.17, 15) is 0 Å². The number of aryl methyl sites for hydroxylation is 1. The molecule has 0 N–H and O–H groups in total. The molecule has 0 unspecified atom stereocenters. The van der Waals surface area contributed by atoms with Crippen LogP contribution in [0.1, 0.15) is 32.4 Å². The van der Waals surface area contributed by atoms with E-state index in [-0.39, 0.29) is 0 Å². The van der Waals surface area contributed by atoms with Crippen LogP contribution < -0.4 is 0 Å². The maximum absolute atomic E-state index is 4.14. The lowest BCUT2D eigenvalue weighted by Crippen LogP contribution is -2.35. The molecule has 4 nitrogen and oxygen atoms in total. The van der Waals surface area contributed by atoms with E-state index in [4.69, 9.17) is 0 Å². The smallest absolute Gasteiger partial charge is 0.0967 e. The first-order valence-electron chi connectivity index (χ1n) is 5.86. The molecule has 0 radical (unpaired) electrons. The second-order valence-corrected chi connectivity index (χ2v) is 4.81. The molecule has 0 aromatic carbocycles. The van der Waals surface area contributed by atoms with Gasteiger partial charge in [-0.15, -0.1) is 5.10 Å². The summed E-state index contributed by atoms with van der Waals surface area (Å²) in [6.07, 6.45) is 4.36. The van der Waals surface area contributed by atoms with Gasteiger partial charge in [0.25, 0.3) is 0 Å². The van der Waals surface area contributed by atoms with Crippen molar-refractivity contribution in [3.8, 4) is 0 Å². The fourth-order valence-corrected chi connectivity index (χ4v) is 2.44. The van der Waals surface area contributed by atoms with Crippen molar-refractivity contribution < 1.29 is 0 Å². The molecule has 0 spiro atoms. The molecule has 0 aliphatic rings. The number of rotatable bonds is 7. The van der Waals surface area contributed by atoms with Gasteiger partial charge in [0, 0.05) is 37.7 Å². The highest BCUT2D eigenvalue weighted by Crippen LogP contribution is 2.12. The number of nitrogens with zero attached hydrogens (tertiary/aromatic N) is 4. The van der Waals surface area contributed by atoms with Crippen molar-refractivity contribution in [2.45, 2.75) is 39.3 Å². The summed E-state index contributed by atoms with van der Waals surface area (Å²) in [5.41, 5.74) is 1.05. The van der Waals surface area contributed by atoms with Crippen molar-refractivity contribution in [2.24, 2.45) is 7.05 Å². The molecular formula is C11H21BrN4. The number of hydrogen-bond acceptors (Lipinski definition) is 3. The zero-order chi connectivity index (χ0) is 12.0. The summed E-state index contributed by atoms with van der Waals surface area (Å²) >= 11 is 3.51. The van der Waals surface area contributed by atoms with Crippen LogP contribution in [-0.2, 0) is 13.6 Å². The van der Waals surface area contributed by atoms with Crippen LogP contribution in [0.5, 0.6) is 0 Å². The molecule has 1 heterocycles. The van der Waals surface area contributed by atoms with E-state index in [1.54, 1.807) is 4.68 Å². The summed E-state index contributed by atoms with van der Waals surface area (Å²) in [5.74, 6) is 0. The number of aromatic nitrogens is 3. The van der Waals surface area contributed by atoms with Crippen LogP contribution in [-0.4, -0.2) is 37.8 Å². The molecular weight excluding hydrogens is 268 g/mol. The van der Waals surface area contributed by atoms with Crippen molar-refractivity contribution in [1.82, 2.24) is 19.9 Å². The number of alkyl halides is 1. The third-order valence-electron chi connectivity index (χ3n) is 2.85. The van der Waals surface area contributed by atoms with E-state index in [2.05, 4.69) is 45.0 Å². The minimum atomic E-state index is 0.638. The van der Waals surface area contributed by atoms with Gasteiger partial charge in [-0.1, -0.05) is 35.0 Å². The van der Waals surface area contributed by atoms with Crippen LogP contribution in [0.3, 0.4) is 0 Å². The monoisotopic (exact) mass is 288 g/mol. The van der Waals surface area contributed by atoms with Crippen molar-refractivity contribution in [3.63, 3.8) is 0 Å². The topological polar surface area (TPSA) is 34.0 Å². The highest BCUT2D eigenvalue weighted by atomic mass is 79.9. The molecule has 92 valence electrons. The maximum Gasteiger partial charge on any atom is 0.0967 e. The highest BCUT2D eigenvalue weighted by molar-refractivity contribution is 9.09. The molecule has 0 aliphatic carbocycles. The van der Waals surface area contributed by atoms with E-state index in [1.165, 1.54) is 12.8 Å². The Balaban J connectivity index is 2.63. The van der Waals surface area contributed by atoms with Gasteiger partial charge in [0.15, 0.2) is 0 Å². The average Bonchev–Trinajstić information content (AvgIpc) is 2.66. The lowest BCUT2D eigenvalue weighted by molar-refractivity contribution is 0.187. The lowest BCUT2D eigenvalue weighted by atomic mass is 10.1. The quantitative estimate of drug-likeness (QED) is 0.722. The third-order valence-corrected chi connectivity index (χ3v) is 3.20. The summed E-state index contributed by atoms with van der Waals surface area (Å²) < 4.78 is 1.76. The van der Waals surface area contributed by atoms with Crippen molar-refractivity contribution in [3.05, 3.63) is 11.9 Å². The molecule has 0 aliphatic heterocycles. The van der Waals surface area contributed by atoms with Gasteiger partial charge in [0.2, 0.25) is 0 Å². The molecule has 0 bridgehead atoms. The van der Waals surface area contributed by atoms with Gasteiger partial charge in [-0.05, 0) is 12.8 Å². The molecule has 1 rings (SSSR count). The van der Waals surface area contributed by atoms with Crippen LogP contribution in [0, 0.1) is 0 Å². The lowest BCUT2D eigenvalue weighted by Gasteiger charge is -2.28. The van der Waals surface area contributed by atoms with Crippen LogP contribution >= 0.6 is 15.9 Å². The first-order valence-corrected chi connectivity index (χ1v) is 6.98. The second-order valence-electron chi connectivity index (χ2n) is 4.01. The summed E-state index contributed by atoms with van der Waals surface area (Å²) in [5, 5.41) is 9.12. The molecule has 0 fully saturated rings. The van der Waals surface area contributed by atoms with Gasteiger partial charge >= 0.3 is 0 Å². The SMILES string of the molecule is CCC(CC)N(CCBr)Cc1cn(C)nn1. The van der Waals surface area contributed by atoms with Gasteiger partial charge in [-0.3, -0.25) is 9.58 Å². The van der Waals surface area contributed by atoms with E-state index < -0.39 is 0 Å². The van der Waals surface area contributed by atoms with Crippen LogP contribution in [0.4, 0.5) is 0 Å². The van der Waals surface area contributed by atoms with Gasteiger partial charge in [0.1, 0.15) is 0 Å². The fourth-order valence-electron chi connectivity index (χ4n) is 1.98. The molecule has 1 aromatic heterocycles. The Hall–Kier alpha value is -0.420.